The van der Waals surface area contributed by atoms with Gasteiger partial charge in [0, 0.05) is 16.6 Å². The van der Waals surface area contributed by atoms with Crippen molar-refractivity contribution in [2.45, 2.75) is 25.2 Å². The van der Waals surface area contributed by atoms with Gasteiger partial charge >= 0.3 is 29.6 Å². The first kappa shape index (κ1) is 31.8. The van der Waals surface area contributed by atoms with Crippen LogP contribution in [0.5, 0.6) is 11.5 Å². The van der Waals surface area contributed by atoms with Crippen LogP contribution in [0.2, 0.25) is 10.0 Å². The summed E-state index contributed by atoms with van der Waals surface area (Å²) >= 11 is 12.6. The number of ether oxygens (including phenoxy) is 1. The number of nitrogens with one attached hydrogen (secondary N) is 1. The number of carbonyl (C=O) groups excluding carboxylic acids is 1. The van der Waals surface area contributed by atoms with E-state index in [1.807, 2.05) is 6.92 Å². The molecule has 0 fully saturated rings. The van der Waals surface area contributed by atoms with Gasteiger partial charge in [0.05, 0.1) is 27.2 Å². The zero-order valence-electron chi connectivity index (χ0n) is 21.7. The van der Waals surface area contributed by atoms with Crippen molar-refractivity contribution in [3.05, 3.63) is 81.8 Å². The fraction of sp³-hybridized carbons (Fsp3) is 0.148. The Morgan fingerprint density at radius 3 is 2.42 bits per heavy atom. The van der Waals surface area contributed by atoms with Gasteiger partial charge in [-0.15, -0.1) is 5.11 Å². The zero-order valence-corrected chi connectivity index (χ0v) is 26.1. The Balaban J connectivity index is 0.00000441. The number of hydrogen-bond donors (Lipinski definition) is 2. The molecule has 0 spiro atoms. The predicted octanol–water partition coefficient (Wildman–Crippen LogP) is 4.10. The van der Waals surface area contributed by atoms with Crippen molar-refractivity contribution in [2.75, 3.05) is 11.9 Å². The number of rotatable bonds is 8. The van der Waals surface area contributed by atoms with E-state index in [9.17, 15) is 22.9 Å². The molecule has 0 aromatic heterocycles. The molecule has 0 heterocycles. The van der Waals surface area contributed by atoms with E-state index < -0.39 is 26.7 Å². The van der Waals surface area contributed by atoms with Crippen LogP contribution in [0.1, 0.15) is 29.8 Å². The number of hydrogen-bond acceptors (Lipinski definition) is 7. The van der Waals surface area contributed by atoms with E-state index in [1.165, 1.54) is 18.2 Å². The maximum absolute atomic E-state index is 13.4. The molecule has 4 aromatic carbocycles. The number of azo groups is 1. The zero-order chi connectivity index (χ0) is 28.3. The molecule has 4 rings (SSSR count). The number of benzene rings is 4. The Hall–Kier alpha value is -2.70. The quantitative estimate of drug-likeness (QED) is 0.175. The molecule has 0 atom stereocenters. The van der Waals surface area contributed by atoms with Crippen LogP contribution in [0.15, 0.2) is 75.8 Å². The summed E-state index contributed by atoms with van der Waals surface area (Å²) in [6.45, 7) is 3.99. The summed E-state index contributed by atoms with van der Waals surface area (Å²) in [5.41, 5.74) is 0.361. The SMILES string of the molecule is CCOc1ccc(NC(=O)c2cc3ccccc3c(N=Nc3cc(S(=O)(=O)O)cc(CC)c3Cl)c2[O-])cc1Cl.[Na+]. The third kappa shape index (κ3) is 6.95. The van der Waals surface area contributed by atoms with E-state index >= 15 is 0 Å². The molecular weight excluding hydrogens is 588 g/mol. The molecule has 1 amide bonds. The largest absolute Gasteiger partial charge is 1.00 e. The minimum atomic E-state index is -4.55. The maximum atomic E-state index is 13.4. The Labute approximate surface area is 263 Å². The number of carbonyl (C=O) groups is 1. The molecule has 2 N–H and O–H groups in total. The maximum Gasteiger partial charge on any atom is 1.00 e. The Morgan fingerprint density at radius 2 is 1.77 bits per heavy atom. The second-order valence-corrected chi connectivity index (χ2v) is 10.5. The topological polar surface area (TPSA) is 140 Å². The van der Waals surface area contributed by atoms with Gasteiger partial charge in [-0.25, -0.2) is 0 Å². The average Bonchev–Trinajstić information content (AvgIpc) is 2.89. The van der Waals surface area contributed by atoms with Gasteiger partial charge in [0.25, 0.3) is 16.0 Å². The molecule has 0 saturated heterocycles. The second kappa shape index (κ2) is 13.3. The molecule has 0 aliphatic carbocycles. The molecule has 0 bridgehead atoms. The monoisotopic (exact) mass is 609 g/mol. The third-order valence-electron chi connectivity index (χ3n) is 5.75. The van der Waals surface area contributed by atoms with Gasteiger partial charge in [-0.1, -0.05) is 60.1 Å². The minimum absolute atomic E-state index is 0. The number of nitrogens with zero attached hydrogens (tertiary/aromatic N) is 2. The van der Waals surface area contributed by atoms with Gasteiger partial charge in [-0.3, -0.25) is 9.35 Å². The van der Waals surface area contributed by atoms with E-state index in [4.69, 9.17) is 27.9 Å². The molecule has 0 radical (unpaired) electrons. The van der Waals surface area contributed by atoms with Crippen molar-refractivity contribution in [3.63, 3.8) is 0 Å². The number of halogens is 2. The Kier molecular flexibility index (Phi) is 10.6. The number of anilines is 1. The second-order valence-electron chi connectivity index (χ2n) is 8.30. The minimum Gasteiger partial charge on any atom is -0.870 e. The fourth-order valence-electron chi connectivity index (χ4n) is 3.85. The van der Waals surface area contributed by atoms with E-state index in [0.717, 1.165) is 6.07 Å². The van der Waals surface area contributed by atoms with Gasteiger partial charge in [-0.05, 0) is 60.7 Å². The van der Waals surface area contributed by atoms with E-state index in [-0.39, 0.29) is 51.5 Å². The average molecular weight is 610 g/mol. The summed E-state index contributed by atoms with van der Waals surface area (Å²) in [4.78, 5) is 12.7. The Morgan fingerprint density at radius 1 is 1.05 bits per heavy atom. The van der Waals surface area contributed by atoms with Crippen LogP contribution in [0, 0.1) is 0 Å². The van der Waals surface area contributed by atoms with E-state index in [1.54, 1.807) is 43.3 Å². The molecule has 0 aliphatic heterocycles. The van der Waals surface area contributed by atoms with Crippen LogP contribution in [-0.4, -0.2) is 25.5 Å². The summed E-state index contributed by atoms with van der Waals surface area (Å²) in [7, 11) is -4.55. The first-order valence-corrected chi connectivity index (χ1v) is 13.9. The van der Waals surface area contributed by atoms with Gasteiger partial charge in [0.2, 0.25) is 0 Å². The van der Waals surface area contributed by atoms with Crippen LogP contribution in [-0.2, 0) is 16.5 Å². The summed E-state index contributed by atoms with van der Waals surface area (Å²) in [5, 5.41) is 25.6. The normalized spacial score (nSPS) is 11.4. The van der Waals surface area contributed by atoms with Crippen LogP contribution >= 0.6 is 23.2 Å². The summed E-state index contributed by atoms with van der Waals surface area (Å²) in [5.74, 6) is -0.940. The molecular formula is C27H22Cl2N3NaO6S. The first-order valence-electron chi connectivity index (χ1n) is 11.7. The molecule has 40 heavy (non-hydrogen) atoms. The number of amides is 1. The molecule has 9 nitrogen and oxygen atoms in total. The summed E-state index contributed by atoms with van der Waals surface area (Å²) in [6, 6.07) is 15.2. The van der Waals surface area contributed by atoms with Crippen molar-refractivity contribution < 1.29 is 57.2 Å². The fourth-order valence-corrected chi connectivity index (χ4v) is 4.92. The Bertz CT molecular complexity index is 1730. The molecule has 0 unspecified atom stereocenters. The van der Waals surface area contributed by atoms with Crippen LogP contribution in [0.3, 0.4) is 0 Å². The standard InChI is InChI=1S/C27H23Cl2N3O6S.Na/c1-3-15-11-18(39(35,36)37)14-22(24(15)29)31-32-25-19-8-6-5-7-16(19)12-20(26(25)33)27(34)30-17-9-10-23(38-4-2)21(28)13-17;/h5-14,33H,3-4H2,1-2H3,(H,30,34)(H,35,36,37);/q;+1/p-1. The molecule has 4 aromatic rings. The predicted molar refractivity (Wildman–Crippen MR) is 149 cm³/mol. The van der Waals surface area contributed by atoms with Crippen LogP contribution < -0.4 is 44.7 Å². The molecule has 0 aliphatic rings. The summed E-state index contributed by atoms with van der Waals surface area (Å²) in [6.07, 6.45) is 0.353. The third-order valence-corrected chi connectivity index (χ3v) is 7.31. The van der Waals surface area contributed by atoms with Crippen molar-refractivity contribution in [2.24, 2.45) is 10.2 Å². The number of fused-ring (bicyclic) bond motifs is 1. The molecule has 13 heteroatoms. The molecule has 0 saturated carbocycles. The smallest absolute Gasteiger partial charge is 0.870 e. The molecule has 202 valence electrons. The van der Waals surface area contributed by atoms with E-state index in [2.05, 4.69) is 15.5 Å². The van der Waals surface area contributed by atoms with Crippen molar-refractivity contribution in [1.29, 1.82) is 0 Å². The van der Waals surface area contributed by atoms with Gasteiger partial charge in [0.15, 0.2) is 0 Å². The number of aryl methyl sites for hydroxylation is 1. The van der Waals surface area contributed by atoms with Gasteiger partial charge in [0.1, 0.15) is 11.4 Å². The van der Waals surface area contributed by atoms with Crippen molar-refractivity contribution in [3.8, 4) is 11.5 Å². The van der Waals surface area contributed by atoms with Crippen molar-refractivity contribution >= 4 is 67.1 Å². The van der Waals surface area contributed by atoms with Crippen LogP contribution in [0.4, 0.5) is 17.1 Å². The first-order chi connectivity index (χ1) is 18.5. The van der Waals surface area contributed by atoms with Crippen LogP contribution in [0.25, 0.3) is 10.8 Å². The van der Waals surface area contributed by atoms with E-state index in [0.29, 0.717) is 45.8 Å². The van der Waals surface area contributed by atoms with Crippen molar-refractivity contribution in [1.82, 2.24) is 0 Å². The van der Waals surface area contributed by atoms with Gasteiger partial charge < -0.3 is 15.2 Å². The van der Waals surface area contributed by atoms with Gasteiger partial charge in [-0.2, -0.15) is 13.5 Å². The summed E-state index contributed by atoms with van der Waals surface area (Å²) < 4.78 is 38.4.